The number of carbonyl (C=O) groups excluding carboxylic acids is 2. The van der Waals surface area contributed by atoms with Crippen LogP contribution in [0.5, 0.6) is 0 Å². The molecule has 2 aromatic rings. The number of hydrogen-bond acceptors (Lipinski definition) is 3. The van der Waals surface area contributed by atoms with Gasteiger partial charge in [0, 0.05) is 56.1 Å². The fraction of sp³-hybridized carbons (Fsp3) is 0.483. The molecule has 6 heteroatoms. The number of likely N-dealkylation sites (N-methyl/N-ethyl adjacent to an activating group) is 2. The molecule has 0 atom stereocenters. The van der Waals surface area contributed by atoms with E-state index in [4.69, 9.17) is 0 Å². The molecule has 1 fully saturated rings. The number of hydrogen-bond donors (Lipinski definition) is 1. The highest BCUT2D eigenvalue weighted by Gasteiger charge is 2.24. The van der Waals surface area contributed by atoms with Crippen molar-refractivity contribution in [1.29, 1.82) is 0 Å². The lowest BCUT2D eigenvalue weighted by Gasteiger charge is -2.24. The largest absolute Gasteiger partial charge is 0.355 e. The van der Waals surface area contributed by atoms with Crippen molar-refractivity contribution in [1.82, 2.24) is 9.80 Å². The smallest absolute Gasteiger partial charge is 0.280 e. The van der Waals surface area contributed by atoms with Crippen LogP contribution in [0.15, 0.2) is 47.5 Å². The van der Waals surface area contributed by atoms with Crippen LogP contribution in [-0.2, 0) is 5.41 Å². The highest BCUT2D eigenvalue weighted by molar-refractivity contribution is 6.03. The Balaban J connectivity index is 1.83. The van der Waals surface area contributed by atoms with Crippen molar-refractivity contribution >= 4 is 29.0 Å². The summed E-state index contributed by atoms with van der Waals surface area (Å²) in [6, 6.07) is 13.4. The molecule has 1 aliphatic rings. The van der Waals surface area contributed by atoms with Crippen molar-refractivity contribution in [2.75, 3.05) is 32.5 Å². The van der Waals surface area contributed by atoms with Crippen molar-refractivity contribution in [3.05, 3.63) is 59.2 Å². The first-order valence-corrected chi connectivity index (χ1v) is 12.6. The summed E-state index contributed by atoms with van der Waals surface area (Å²) >= 11 is 0. The highest BCUT2D eigenvalue weighted by atomic mass is 16.1. The summed E-state index contributed by atoms with van der Waals surface area (Å²) in [4.78, 5) is 34.0. The number of guanidine groups is 1. The van der Waals surface area contributed by atoms with Crippen LogP contribution < -0.4 is 5.32 Å². The molecule has 0 spiro atoms. The minimum absolute atomic E-state index is 0.173. The van der Waals surface area contributed by atoms with Gasteiger partial charge in [-0.05, 0) is 53.6 Å². The van der Waals surface area contributed by atoms with Crippen LogP contribution in [-0.4, -0.2) is 54.6 Å². The number of aliphatic imine (C=N–C) groups is 1. The van der Waals surface area contributed by atoms with Gasteiger partial charge in [0.05, 0.1) is 0 Å². The first kappa shape index (κ1) is 26.5. The predicted molar refractivity (Wildman–Crippen MR) is 145 cm³/mol. The topological polar surface area (TPSA) is 65.0 Å². The Kier molecular flexibility index (Phi) is 8.36. The number of ketones is 1. The molecule has 3 rings (SSSR count). The quantitative estimate of drug-likeness (QED) is 0.466. The molecule has 35 heavy (non-hydrogen) atoms. The second-order valence-electron chi connectivity index (χ2n) is 11.0. The van der Waals surface area contributed by atoms with Crippen LogP contribution in [0.1, 0.15) is 80.2 Å². The second-order valence-corrected chi connectivity index (χ2v) is 11.0. The van der Waals surface area contributed by atoms with Gasteiger partial charge in [-0.3, -0.25) is 9.59 Å². The fourth-order valence-corrected chi connectivity index (χ4v) is 4.27. The SMILES string of the molecule is CC(C)CCCC(=O)c1cccc(Nc2ccc(C(=O)N=C3N(C)CCN3C)cc2C(C)(C)C)c1. The summed E-state index contributed by atoms with van der Waals surface area (Å²) in [5.74, 6) is 1.23. The number of rotatable bonds is 8. The molecule has 0 unspecified atom stereocenters. The maximum absolute atomic E-state index is 13.0. The number of nitrogens with zero attached hydrogens (tertiary/aromatic N) is 3. The average Bonchev–Trinajstić information content (AvgIpc) is 3.10. The Labute approximate surface area is 210 Å². The van der Waals surface area contributed by atoms with Gasteiger partial charge >= 0.3 is 0 Å². The van der Waals surface area contributed by atoms with Gasteiger partial charge in [-0.15, -0.1) is 0 Å². The van der Waals surface area contributed by atoms with Crippen LogP contribution in [0.4, 0.5) is 11.4 Å². The van der Waals surface area contributed by atoms with Crippen LogP contribution in [0.3, 0.4) is 0 Å². The van der Waals surface area contributed by atoms with Gasteiger partial charge in [0.25, 0.3) is 5.91 Å². The monoisotopic (exact) mass is 476 g/mol. The lowest BCUT2D eigenvalue weighted by molar-refractivity contribution is 0.0975. The van der Waals surface area contributed by atoms with E-state index in [0.717, 1.165) is 48.4 Å². The van der Waals surface area contributed by atoms with E-state index in [1.54, 1.807) is 0 Å². The minimum Gasteiger partial charge on any atom is -0.355 e. The molecule has 0 saturated carbocycles. The average molecular weight is 477 g/mol. The van der Waals surface area contributed by atoms with Crippen LogP contribution in [0, 0.1) is 5.92 Å². The zero-order valence-electron chi connectivity index (χ0n) is 22.3. The highest BCUT2D eigenvalue weighted by Crippen LogP contribution is 2.33. The summed E-state index contributed by atoms with van der Waals surface area (Å²) in [6.45, 7) is 12.5. The van der Waals surface area contributed by atoms with Gasteiger partial charge in [0.15, 0.2) is 5.78 Å². The minimum atomic E-state index is -0.244. The number of Topliss-reactive ketones (excluding diaryl/α,β-unsaturated/α-hetero) is 1. The molecule has 188 valence electrons. The zero-order valence-corrected chi connectivity index (χ0v) is 22.3. The van der Waals surface area contributed by atoms with Crippen molar-refractivity contribution < 1.29 is 9.59 Å². The molecule has 1 aliphatic heterocycles. The van der Waals surface area contributed by atoms with Gasteiger partial charge in [0.1, 0.15) is 0 Å². The fourth-order valence-electron chi connectivity index (χ4n) is 4.27. The molecular formula is C29H40N4O2. The van der Waals surface area contributed by atoms with Crippen LogP contribution in [0.25, 0.3) is 0 Å². The molecule has 0 radical (unpaired) electrons. The number of carbonyl (C=O) groups is 2. The molecule has 0 aliphatic carbocycles. The van der Waals surface area contributed by atoms with Crippen LogP contribution in [0.2, 0.25) is 0 Å². The number of anilines is 2. The number of nitrogens with one attached hydrogen (secondary N) is 1. The van der Waals surface area contributed by atoms with E-state index in [9.17, 15) is 9.59 Å². The Morgan fingerprint density at radius 3 is 2.31 bits per heavy atom. The normalized spacial score (nSPS) is 14.0. The van der Waals surface area contributed by atoms with E-state index in [-0.39, 0.29) is 17.1 Å². The molecule has 1 saturated heterocycles. The Hall–Kier alpha value is -3.15. The van der Waals surface area contributed by atoms with Crippen molar-refractivity contribution in [2.45, 2.75) is 59.3 Å². The number of benzene rings is 2. The predicted octanol–water partition coefficient (Wildman–Crippen LogP) is 6.11. The lowest BCUT2D eigenvalue weighted by Crippen LogP contribution is -2.29. The molecule has 0 aromatic heterocycles. The van der Waals surface area contributed by atoms with Gasteiger partial charge < -0.3 is 15.1 Å². The summed E-state index contributed by atoms with van der Waals surface area (Å²) in [5.41, 5.74) is 3.89. The molecule has 1 heterocycles. The molecule has 2 aromatic carbocycles. The van der Waals surface area contributed by atoms with Gasteiger partial charge in [-0.2, -0.15) is 4.99 Å². The molecule has 1 amide bonds. The third-order valence-corrected chi connectivity index (χ3v) is 6.38. The third-order valence-electron chi connectivity index (χ3n) is 6.38. The summed E-state index contributed by atoms with van der Waals surface area (Å²) < 4.78 is 0. The van der Waals surface area contributed by atoms with Crippen molar-refractivity contribution in [3.63, 3.8) is 0 Å². The summed E-state index contributed by atoms with van der Waals surface area (Å²) in [7, 11) is 3.90. The third kappa shape index (κ3) is 6.93. The standard InChI is InChI=1S/C29H40N4O2/c1-20(2)10-8-13-26(34)21-11-9-12-23(18-21)30-25-15-14-22(19-24(25)29(3,4)5)27(35)31-28-32(6)16-17-33(28)7/h9,11-12,14-15,18-20,30H,8,10,13,16-17H2,1-7H3. The van der Waals surface area contributed by atoms with E-state index in [1.807, 2.05) is 66.4 Å². The first-order chi connectivity index (χ1) is 16.5. The molecule has 1 N–H and O–H groups in total. The van der Waals surface area contributed by atoms with E-state index in [2.05, 4.69) is 44.9 Å². The van der Waals surface area contributed by atoms with Crippen LogP contribution >= 0.6 is 0 Å². The van der Waals surface area contributed by atoms with E-state index in [0.29, 0.717) is 23.9 Å². The summed E-state index contributed by atoms with van der Waals surface area (Å²) in [6.07, 6.45) is 2.54. The molecule has 0 bridgehead atoms. The van der Waals surface area contributed by atoms with E-state index >= 15 is 0 Å². The van der Waals surface area contributed by atoms with Gasteiger partial charge in [-0.1, -0.05) is 53.2 Å². The van der Waals surface area contributed by atoms with Gasteiger partial charge in [-0.25, -0.2) is 0 Å². The Morgan fingerprint density at radius 1 is 1.00 bits per heavy atom. The van der Waals surface area contributed by atoms with E-state index < -0.39 is 0 Å². The summed E-state index contributed by atoms with van der Waals surface area (Å²) in [5, 5.41) is 3.49. The Morgan fingerprint density at radius 2 is 1.69 bits per heavy atom. The number of amides is 1. The van der Waals surface area contributed by atoms with E-state index in [1.165, 1.54) is 0 Å². The maximum atomic E-state index is 13.0. The second kappa shape index (κ2) is 11.1. The van der Waals surface area contributed by atoms with Crippen molar-refractivity contribution in [3.8, 4) is 0 Å². The van der Waals surface area contributed by atoms with Crippen molar-refractivity contribution in [2.24, 2.45) is 10.9 Å². The molecule has 6 nitrogen and oxygen atoms in total. The zero-order chi connectivity index (χ0) is 25.8. The maximum Gasteiger partial charge on any atom is 0.280 e. The molecular weight excluding hydrogens is 436 g/mol. The lowest BCUT2D eigenvalue weighted by atomic mass is 9.84. The van der Waals surface area contributed by atoms with Gasteiger partial charge in [0.2, 0.25) is 5.96 Å². The first-order valence-electron chi connectivity index (χ1n) is 12.6. The Bertz CT molecular complexity index is 1090.